The summed E-state index contributed by atoms with van der Waals surface area (Å²) in [6.45, 7) is 7.76. The van der Waals surface area contributed by atoms with Gasteiger partial charge in [0, 0.05) is 13.2 Å². The molecular weight excluding hydrogens is 316 g/mol. The second kappa shape index (κ2) is 14.2. The molecule has 0 aliphatic rings. The van der Waals surface area contributed by atoms with Crippen LogP contribution in [0.5, 0.6) is 0 Å². The van der Waals surface area contributed by atoms with Gasteiger partial charge in [-0.05, 0) is 38.5 Å². The minimum Gasteiger partial charge on any atom is -0.382 e. The molecule has 2 unspecified atom stereocenters. The van der Waals surface area contributed by atoms with Crippen molar-refractivity contribution in [1.82, 2.24) is 0 Å². The van der Waals surface area contributed by atoms with Crippen LogP contribution >= 0.6 is 0 Å². The van der Waals surface area contributed by atoms with Crippen LogP contribution in [-0.2, 0) is 19.3 Å². The number of rotatable bonds is 16. The topological polar surface area (TPSA) is 72.8 Å². The van der Waals surface area contributed by atoms with Crippen LogP contribution in [0.4, 0.5) is 0 Å². The molecule has 5 nitrogen and oxygen atoms in total. The second-order valence-electron chi connectivity index (χ2n) is 6.19. The normalized spacial score (nSPS) is 14.8. The van der Waals surface area contributed by atoms with Crippen LogP contribution in [0, 0.1) is 5.92 Å². The average molecular weight is 353 g/mol. The molecule has 0 saturated heterocycles. The Morgan fingerprint density at radius 1 is 0.913 bits per heavy atom. The number of hydrogen-bond acceptors (Lipinski definition) is 4. The molecule has 0 saturated carbocycles. The van der Waals surface area contributed by atoms with E-state index in [9.17, 15) is 8.42 Å². The third-order valence-electron chi connectivity index (χ3n) is 4.24. The Labute approximate surface area is 143 Å². The van der Waals surface area contributed by atoms with Crippen molar-refractivity contribution in [2.45, 2.75) is 91.1 Å². The molecule has 0 heterocycles. The lowest BCUT2D eigenvalue weighted by Gasteiger charge is -2.19. The molecule has 1 N–H and O–H groups in total. The Kier molecular flexibility index (Phi) is 14.1. The van der Waals surface area contributed by atoms with Crippen molar-refractivity contribution in [2.75, 3.05) is 13.2 Å². The molecule has 0 aromatic carbocycles. The molecule has 2 atom stereocenters. The summed E-state index contributed by atoms with van der Waals surface area (Å²) in [7, 11) is -4.37. The molecule has 23 heavy (non-hydrogen) atoms. The van der Waals surface area contributed by atoms with Crippen LogP contribution in [0.25, 0.3) is 0 Å². The second-order valence-corrected chi connectivity index (χ2v) is 7.23. The number of hydrogen-bond donors (Lipinski definition) is 1. The van der Waals surface area contributed by atoms with Gasteiger partial charge in [-0.25, -0.2) is 4.18 Å². The molecule has 0 bridgehead atoms. The number of unbranched alkanes of at least 4 members (excludes halogenated alkanes) is 4. The van der Waals surface area contributed by atoms with Crippen LogP contribution in [0.2, 0.25) is 0 Å². The Morgan fingerprint density at radius 2 is 1.61 bits per heavy atom. The van der Waals surface area contributed by atoms with Crippen molar-refractivity contribution in [3.05, 3.63) is 0 Å². The highest BCUT2D eigenvalue weighted by atomic mass is 32.3. The fourth-order valence-corrected chi connectivity index (χ4v) is 3.29. The van der Waals surface area contributed by atoms with Gasteiger partial charge in [0.25, 0.3) is 0 Å². The van der Waals surface area contributed by atoms with Crippen molar-refractivity contribution in [1.29, 1.82) is 0 Å². The first-order valence-electron chi connectivity index (χ1n) is 9.16. The average Bonchev–Trinajstić information content (AvgIpc) is 2.48. The highest BCUT2D eigenvalue weighted by Crippen LogP contribution is 2.21. The Bertz CT molecular complexity index is 356. The number of ether oxygens (including phenoxy) is 1. The standard InChI is InChI=1S/C17H36O5S/c1-4-7-8-9-10-11-17(22-23(18,19)20)13-12-16(5-2)14-15-21-6-3/h16-17H,4-15H2,1-3H3,(H,18,19,20). The molecule has 140 valence electrons. The first kappa shape index (κ1) is 22.8. The van der Waals surface area contributed by atoms with E-state index in [1.165, 1.54) is 19.3 Å². The van der Waals surface area contributed by atoms with Gasteiger partial charge >= 0.3 is 10.4 Å². The molecule has 6 heteroatoms. The summed E-state index contributed by atoms with van der Waals surface area (Å²) < 4.78 is 41.2. The maximum absolute atomic E-state index is 11.0. The highest BCUT2D eigenvalue weighted by molar-refractivity contribution is 7.80. The minimum absolute atomic E-state index is 0.409. The third-order valence-corrected chi connectivity index (χ3v) is 4.75. The lowest BCUT2D eigenvalue weighted by atomic mass is 9.94. The van der Waals surface area contributed by atoms with Gasteiger partial charge in [0.2, 0.25) is 0 Å². The molecule has 0 radical (unpaired) electrons. The van der Waals surface area contributed by atoms with Crippen molar-refractivity contribution in [2.24, 2.45) is 5.92 Å². The van der Waals surface area contributed by atoms with Gasteiger partial charge in [-0.1, -0.05) is 52.4 Å². The van der Waals surface area contributed by atoms with E-state index in [1.807, 2.05) is 6.92 Å². The van der Waals surface area contributed by atoms with Gasteiger partial charge in [0.05, 0.1) is 6.10 Å². The Balaban J connectivity index is 4.21. The zero-order valence-corrected chi connectivity index (χ0v) is 15.9. The van der Waals surface area contributed by atoms with Crippen molar-refractivity contribution in [3.8, 4) is 0 Å². The smallest absolute Gasteiger partial charge is 0.382 e. The summed E-state index contributed by atoms with van der Waals surface area (Å²) in [6.07, 6.45) is 9.46. The summed E-state index contributed by atoms with van der Waals surface area (Å²) in [5.74, 6) is 0.508. The summed E-state index contributed by atoms with van der Waals surface area (Å²) in [5, 5.41) is 0. The molecule has 0 spiro atoms. The van der Waals surface area contributed by atoms with Gasteiger partial charge in [-0.15, -0.1) is 0 Å². The van der Waals surface area contributed by atoms with E-state index in [2.05, 4.69) is 13.8 Å². The monoisotopic (exact) mass is 352 g/mol. The molecule has 0 rings (SSSR count). The molecular formula is C17H36O5S. The molecule has 0 aliphatic heterocycles. The van der Waals surface area contributed by atoms with E-state index < -0.39 is 16.5 Å². The van der Waals surface area contributed by atoms with E-state index in [4.69, 9.17) is 13.5 Å². The van der Waals surface area contributed by atoms with Gasteiger partial charge < -0.3 is 4.74 Å². The summed E-state index contributed by atoms with van der Waals surface area (Å²) in [6, 6.07) is 0. The van der Waals surface area contributed by atoms with Crippen LogP contribution in [0.1, 0.15) is 85.0 Å². The summed E-state index contributed by atoms with van der Waals surface area (Å²) in [5.41, 5.74) is 0. The maximum Gasteiger partial charge on any atom is 0.397 e. The summed E-state index contributed by atoms with van der Waals surface area (Å²) >= 11 is 0. The van der Waals surface area contributed by atoms with E-state index in [-0.39, 0.29) is 0 Å². The van der Waals surface area contributed by atoms with Gasteiger partial charge in [0.1, 0.15) is 0 Å². The van der Waals surface area contributed by atoms with Crippen LogP contribution in [0.15, 0.2) is 0 Å². The zero-order valence-electron chi connectivity index (χ0n) is 15.1. The maximum atomic E-state index is 11.0. The third kappa shape index (κ3) is 15.1. The van der Waals surface area contributed by atoms with Crippen molar-refractivity contribution < 1.29 is 21.9 Å². The predicted octanol–water partition coefficient (Wildman–Crippen LogP) is 4.77. The molecule has 0 aromatic rings. The largest absolute Gasteiger partial charge is 0.397 e. The van der Waals surface area contributed by atoms with E-state index in [0.29, 0.717) is 18.8 Å². The molecule has 0 fully saturated rings. The first-order chi connectivity index (χ1) is 10.9. The molecule has 0 aliphatic carbocycles. The first-order valence-corrected chi connectivity index (χ1v) is 10.5. The van der Waals surface area contributed by atoms with Gasteiger partial charge in [0.15, 0.2) is 0 Å². The van der Waals surface area contributed by atoms with Gasteiger partial charge in [-0.3, -0.25) is 4.55 Å². The van der Waals surface area contributed by atoms with E-state index >= 15 is 0 Å². The predicted molar refractivity (Wildman–Crippen MR) is 93.9 cm³/mol. The van der Waals surface area contributed by atoms with Crippen LogP contribution < -0.4 is 0 Å². The quantitative estimate of drug-likeness (QED) is 0.320. The summed E-state index contributed by atoms with van der Waals surface area (Å²) in [4.78, 5) is 0. The van der Waals surface area contributed by atoms with Crippen LogP contribution in [0.3, 0.4) is 0 Å². The fourth-order valence-electron chi connectivity index (χ4n) is 2.76. The lowest BCUT2D eigenvalue weighted by Crippen LogP contribution is -2.19. The molecule has 0 aromatic heterocycles. The SMILES string of the molecule is CCCCCCCC(CCC(CC)CCOCC)OS(=O)(=O)O. The molecule has 0 amide bonds. The Hall–Kier alpha value is -0.170. The van der Waals surface area contributed by atoms with E-state index in [0.717, 1.165) is 45.3 Å². The fraction of sp³-hybridized carbons (Fsp3) is 1.00. The minimum atomic E-state index is -4.37. The van der Waals surface area contributed by atoms with Gasteiger partial charge in [-0.2, -0.15) is 8.42 Å². The van der Waals surface area contributed by atoms with E-state index in [1.54, 1.807) is 0 Å². The van der Waals surface area contributed by atoms with Crippen molar-refractivity contribution >= 4 is 10.4 Å². The highest BCUT2D eigenvalue weighted by Gasteiger charge is 2.18. The van der Waals surface area contributed by atoms with Crippen molar-refractivity contribution in [3.63, 3.8) is 0 Å². The zero-order chi connectivity index (χ0) is 17.6. The van der Waals surface area contributed by atoms with Crippen LogP contribution in [-0.4, -0.2) is 32.3 Å². The lowest BCUT2D eigenvalue weighted by molar-refractivity contribution is 0.119. The Morgan fingerprint density at radius 3 is 2.17 bits per heavy atom.